The van der Waals surface area contributed by atoms with E-state index in [1.165, 1.54) is 0 Å². The van der Waals surface area contributed by atoms with E-state index < -0.39 is 6.10 Å². The molecule has 1 fully saturated rings. The molecule has 0 bridgehead atoms. The lowest BCUT2D eigenvalue weighted by Gasteiger charge is -2.29. The van der Waals surface area contributed by atoms with Crippen molar-refractivity contribution in [2.75, 3.05) is 52.0 Å². The molecule has 8 heteroatoms. The van der Waals surface area contributed by atoms with E-state index in [9.17, 15) is 4.79 Å². The first-order chi connectivity index (χ1) is 15.9. The van der Waals surface area contributed by atoms with Crippen LogP contribution in [0.3, 0.4) is 0 Å². The number of ether oxygens (including phenoxy) is 4. The van der Waals surface area contributed by atoms with Crippen LogP contribution in [-0.4, -0.2) is 65.2 Å². The SMILES string of the molecule is COc1cc(C=NCC(=O)C(OC(C)C)c2ccc(N3CCOCC3)cc2)cc(OC)c1Br. The van der Waals surface area contributed by atoms with Gasteiger partial charge in [0.25, 0.3) is 0 Å². The van der Waals surface area contributed by atoms with Gasteiger partial charge in [0.05, 0.1) is 33.5 Å². The lowest BCUT2D eigenvalue weighted by atomic mass is 10.0. The number of aliphatic imine (C=N–C) groups is 1. The number of methoxy groups -OCH3 is 2. The molecule has 2 aromatic rings. The highest BCUT2D eigenvalue weighted by Gasteiger charge is 2.23. The van der Waals surface area contributed by atoms with Crippen LogP contribution in [0.4, 0.5) is 5.69 Å². The van der Waals surface area contributed by atoms with E-state index in [1.807, 2.05) is 50.2 Å². The molecule has 1 aliphatic heterocycles. The van der Waals surface area contributed by atoms with Crippen molar-refractivity contribution < 1.29 is 23.7 Å². The highest BCUT2D eigenvalue weighted by molar-refractivity contribution is 9.10. The maximum absolute atomic E-state index is 13.0. The number of benzene rings is 2. The quantitative estimate of drug-likeness (QED) is 0.432. The summed E-state index contributed by atoms with van der Waals surface area (Å²) in [4.78, 5) is 19.7. The Hall–Kier alpha value is -2.42. The van der Waals surface area contributed by atoms with Crippen molar-refractivity contribution in [3.05, 3.63) is 52.0 Å². The van der Waals surface area contributed by atoms with E-state index >= 15 is 0 Å². The minimum atomic E-state index is -0.671. The fourth-order valence-electron chi connectivity index (χ4n) is 3.58. The van der Waals surface area contributed by atoms with Crippen LogP contribution in [0, 0.1) is 0 Å². The van der Waals surface area contributed by atoms with Crippen LogP contribution in [0.2, 0.25) is 0 Å². The molecule has 33 heavy (non-hydrogen) atoms. The molecule has 1 heterocycles. The molecule has 0 N–H and O–H groups in total. The molecule has 2 aromatic carbocycles. The van der Waals surface area contributed by atoms with Gasteiger partial charge in [0.15, 0.2) is 5.78 Å². The predicted molar refractivity (Wildman–Crippen MR) is 133 cm³/mol. The number of carbonyl (C=O) groups excluding carboxylic acids is 1. The Morgan fingerprint density at radius 2 is 1.73 bits per heavy atom. The maximum Gasteiger partial charge on any atom is 0.187 e. The largest absolute Gasteiger partial charge is 0.495 e. The molecular weight excluding hydrogens is 488 g/mol. The van der Waals surface area contributed by atoms with Crippen LogP contribution < -0.4 is 14.4 Å². The third-order valence-electron chi connectivity index (χ3n) is 5.23. The first-order valence-corrected chi connectivity index (χ1v) is 11.7. The monoisotopic (exact) mass is 518 g/mol. The first-order valence-electron chi connectivity index (χ1n) is 10.9. The fourth-order valence-corrected chi connectivity index (χ4v) is 4.13. The number of hydrogen-bond donors (Lipinski definition) is 0. The Morgan fingerprint density at radius 1 is 1.12 bits per heavy atom. The van der Waals surface area contributed by atoms with Gasteiger partial charge in [0, 0.05) is 25.0 Å². The molecule has 7 nitrogen and oxygen atoms in total. The molecule has 0 aromatic heterocycles. The Bertz CT molecular complexity index is 931. The van der Waals surface area contributed by atoms with Crippen LogP contribution in [-0.2, 0) is 14.3 Å². The average Bonchev–Trinajstić information content (AvgIpc) is 2.83. The van der Waals surface area contributed by atoms with Crippen molar-refractivity contribution >= 4 is 33.6 Å². The summed E-state index contributed by atoms with van der Waals surface area (Å²) in [5.74, 6) is 1.15. The van der Waals surface area contributed by atoms with E-state index in [0.717, 1.165) is 47.6 Å². The van der Waals surface area contributed by atoms with Gasteiger partial charge >= 0.3 is 0 Å². The van der Waals surface area contributed by atoms with Crippen LogP contribution in [0.25, 0.3) is 0 Å². The Kier molecular flexibility index (Phi) is 9.29. The topological polar surface area (TPSA) is 69.6 Å². The van der Waals surface area contributed by atoms with Gasteiger partial charge in [-0.25, -0.2) is 0 Å². The summed E-state index contributed by atoms with van der Waals surface area (Å²) >= 11 is 3.45. The molecule has 1 atom stereocenters. The molecule has 1 aliphatic rings. The molecule has 0 radical (unpaired) electrons. The van der Waals surface area contributed by atoms with Gasteiger partial charge in [0.1, 0.15) is 28.6 Å². The molecule has 0 aliphatic carbocycles. The highest BCUT2D eigenvalue weighted by Crippen LogP contribution is 2.35. The fraction of sp³-hybridized carbons (Fsp3) is 0.440. The first kappa shape index (κ1) is 25.2. The van der Waals surface area contributed by atoms with Crippen LogP contribution >= 0.6 is 15.9 Å². The number of ketones is 1. The number of morpholine rings is 1. The molecule has 0 spiro atoms. The van der Waals surface area contributed by atoms with E-state index in [4.69, 9.17) is 18.9 Å². The molecule has 1 unspecified atom stereocenters. The van der Waals surface area contributed by atoms with E-state index in [0.29, 0.717) is 11.5 Å². The standard InChI is InChI=1S/C25H31BrN2O5/c1-17(2)33-25(19-5-7-20(8-6-19)28-9-11-32-12-10-28)21(29)16-27-15-18-13-22(30-3)24(26)23(14-18)31-4/h5-8,13-15,17,25H,9-12,16H2,1-4H3. The molecule has 3 rings (SSSR count). The molecule has 1 saturated heterocycles. The van der Waals surface area contributed by atoms with Crippen molar-refractivity contribution in [2.45, 2.75) is 26.1 Å². The predicted octanol–water partition coefficient (Wildman–Crippen LogP) is 4.46. The van der Waals surface area contributed by atoms with Gasteiger partial charge in [-0.2, -0.15) is 0 Å². The van der Waals surface area contributed by atoms with E-state index in [-0.39, 0.29) is 18.4 Å². The number of halogens is 1. The average molecular weight is 519 g/mol. The highest BCUT2D eigenvalue weighted by atomic mass is 79.9. The summed E-state index contributed by atoms with van der Waals surface area (Å²) in [5.41, 5.74) is 2.72. The smallest absolute Gasteiger partial charge is 0.187 e. The number of anilines is 1. The van der Waals surface area contributed by atoms with Crippen molar-refractivity contribution in [1.29, 1.82) is 0 Å². The van der Waals surface area contributed by atoms with E-state index in [1.54, 1.807) is 20.4 Å². The van der Waals surface area contributed by atoms with Crippen molar-refractivity contribution in [3.8, 4) is 11.5 Å². The third-order valence-corrected chi connectivity index (χ3v) is 6.01. The van der Waals surface area contributed by atoms with Crippen LogP contribution in [0.1, 0.15) is 31.1 Å². The number of hydrogen-bond acceptors (Lipinski definition) is 7. The van der Waals surface area contributed by atoms with Crippen molar-refractivity contribution in [2.24, 2.45) is 4.99 Å². The Balaban J connectivity index is 1.72. The second kappa shape index (κ2) is 12.2. The van der Waals surface area contributed by atoms with Crippen LogP contribution in [0.15, 0.2) is 45.9 Å². The van der Waals surface area contributed by atoms with E-state index in [2.05, 4.69) is 25.8 Å². The Morgan fingerprint density at radius 3 is 2.27 bits per heavy atom. The van der Waals surface area contributed by atoms with Gasteiger partial charge in [-0.1, -0.05) is 12.1 Å². The summed E-state index contributed by atoms with van der Waals surface area (Å²) < 4.78 is 22.8. The number of rotatable bonds is 10. The third kappa shape index (κ3) is 6.79. The number of carbonyl (C=O) groups is 1. The number of Topliss-reactive ketones (excluding diaryl/α,β-unsaturated/α-hetero) is 1. The molecule has 0 amide bonds. The van der Waals surface area contributed by atoms with Crippen molar-refractivity contribution in [1.82, 2.24) is 0 Å². The molecule has 0 saturated carbocycles. The van der Waals surface area contributed by atoms with Gasteiger partial charge in [-0.3, -0.25) is 9.79 Å². The summed E-state index contributed by atoms with van der Waals surface area (Å²) in [5, 5.41) is 0. The summed E-state index contributed by atoms with van der Waals surface area (Å²) in [6.07, 6.45) is 0.875. The summed E-state index contributed by atoms with van der Waals surface area (Å²) in [6, 6.07) is 11.6. The second-order valence-corrected chi connectivity index (χ2v) is 8.72. The zero-order valence-corrected chi connectivity index (χ0v) is 21.1. The normalized spacial score (nSPS) is 15.2. The van der Waals surface area contributed by atoms with Crippen LogP contribution in [0.5, 0.6) is 11.5 Å². The van der Waals surface area contributed by atoms with Gasteiger partial charge < -0.3 is 23.8 Å². The van der Waals surface area contributed by atoms with Gasteiger partial charge in [-0.05, 0) is 65.2 Å². The molecular formula is C25H31BrN2O5. The zero-order valence-electron chi connectivity index (χ0n) is 19.5. The van der Waals surface area contributed by atoms with Gasteiger partial charge in [0.2, 0.25) is 0 Å². The summed E-state index contributed by atoms with van der Waals surface area (Å²) in [6.45, 7) is 7.04. The molecule has 178 valence electrons. The summed E-state index contributed by atoms with van der Waals surface area (Å²) in [7, 11) is 3.17. The minimum Gasteiger partial charge on any atom is -0.495 e. The number of nitrogens with zero attached hydrogens (tertiary/aromatic N) is 2. The lowest BCUT2D eigenvalue weighted by molar-refractivity contribution is -0.132. The Labute approximate surface area is 203 Å². The van der Waals surface area contributed by atoms with Crippen molar-refractivity contribution in [3.63, 3.8) is 0 Å². The maximum atomic E-state index is 13.0. The van der Waals surface area contributed by atoms with Gasteiger partial charge in [-0.15, -0.1) is 0 Å². The second-order valence-electron chi connectivity index (χ2n) is 7.93. The minimum absolute atomic E-state index is 0.00327. The lowest BCUT2D eigenvalue weighted by Crippen LogP contribution is -2.36. The zero-order chi connectivity index (χ0) is 23.8.